The van der Waals surface area contributed by atoms with Crippen LogP contribution in [0.15, 0.2) is 0 Å². The average Bonchev–Trinajstić information content (AvgIpc) is 2.87. The van der Waals surface area contributed by atoms with Crippen molar-refractivity contribution in [3.63, 3.8) is 0 Å². The van der Waals surface area contributed by atoms with Crippen molar-refractivity contribution in [2.45, 2.75) is 182 Å². The molecule has 0 aliphatic heterocycles. The van der Waals surface area contributed by atoms with Gasteiger partial charge in [-0.2, -0.15) is 0 Å². The van der Waals surface area contributed by atoms with Crippen LogP contribution in [0.25, 0.3) is 0 Å². The molecule has 36 heavy (non-hydrogen) atoms. The summed E-state index contributed by atoms with van der Waals surface area (Å²) < 4.78 is 6.07. The van der Waals surface area contributed by atoms with Gasteiger partial charge in [-0.05, 0) is 0 Å². The predicted octanol–water partition coefficient (Wildman–Crippen LogP) is 11.6. The molecule has 0 rings (SSSR count). The van der Waals surface area contributed by atoms with Gasteiger partial charge in [-0.3, -0.25) is 0 Å². The molecule has 0 aliphatic rings. The summed E-state index contributed by atoms with van der Waals surface area (Å²) in [6, 6.07) is 0. The van der Waals surface area contributed by atoms with E-state index >= 15 is 0 Å². The first-order chi connectivity index (χ1) is 17.3. The minimum absolute atomic E-state index is 0. The van der Waals surface area contributed by atoms with Gasteiger partial charge in [0.25, 0.3) is 0 Å². The van der Waals surface area contributed by atoms with E-state index in [1.165, 1.54) is 180 Å². The van der Waals surface area contributed by atoms with E-state index in [4.69, 9.17) is 0 Å². The van der Waals surface area contributed by atoms with Crippen LogP contribution in [-0.4, -0.2) is 28.1 Å². The third-order valence-corrected chi connectivity index (χ3v) is 12.1. The standard InChI is InChI=1S/2C16H34N.HI.Nd/c2*1-3-5-7-9-11-13-15-17-16-14-12-10-8-6-4-2;;/h2*3-16H2,1-2H3;1H;/q2*-1;;+2. The van der Waals surface area contributed by atoms with Gasteiger partial charge >= 0.3 is 247 Å². The topological polar surface area (TPSA) is 6.48 Å². The van der Waals surface area contributed by atoms with Gasteiger partial charge in [0, 0.05) is 0 Å². The van der Waals surface area contributed by atoms with Crippen LogP contribution in [0.1, 0.15) is 182 Å². The van der Waals surface area contributed by atoms with Crippen LogP contribution in [0.2, 0.25) is 0 Å². The van der Waals surface area contributed by atoms with Crippen LogP contribution in [-0.2, 0) is 0 Å². The fraction of sp³-hybridized carbons (Fsp3) is 1.00. The van der Waals surface area contributed by atoms with Crippen molar-refractivity contribution in [2.75, 3.05) is 26.2 Å². The second kappa shape index (κ2) is 35.0. The summed E-state index contributed by atoms with van der Waals surface area (Å²) in [6.45, 7) is 15.0. The van der Waals surface area contributed by atoms with E-state index in [1.54, 1.807) is 0 Å². The zero-order valence-corrected chi connectivity index (χ0v) is 31.1. The summed E-state index contributed by atoms with van der Waals surface area (Å²) in [4.78, 5) is 0. The average molecular weight is 753 g/mol. The van der Waals surface area contributed by atoms with Crippen molar-refractivity contribution in [3.8, 4) is 0 Å². The molecule has 0 unspecified atom stereocenters. The number of halogens is 1. The molecule has 0 atom stereocenters. The molecule has 0 radical (unpaired) electrons. The zero-order chi connectivity index (χ0) is 25.7. The van der Waals surface area contributed by atoms with Gasteiger partial charge in [-0.25, -0.2) is 0 Å². The fourth-order valence-electron chi connectivity index (χ4n) is 4.96. The summed E-state index contributed by atoms with van der Waals surface area (Å²) >= 11 is -0.869. The Morgan fingerprint density at radius 1 is 0.306 bits per heavy atom. The summed E-state index contributed by atoms with van der Waals surface area (Å²) in [7, 11) is 0. The molecule has 0 spiro atoms. The molecule has 0 fully saturated rings. The van der Waals surface area contributed by atoms with Gasteiger partial charge in [0.05, 0.1) is 0 Å². The Morgan fingerprint density at radius 3 is 0.722 bits per heavy atom. The smallest absolute Gasteiger partial charge is 0.107 e. The van der Waals surface area contributed by atoms with Crippen molar-refractivity contribution in [2.24, 2.45) is 0 Å². The summed E-state index contributed by atoms with van der Waals surface area (Å²) in [6.07, 6.45) is 34.6. The maximum Gasteiger partial charge on any atom is -0.107 e. The van der Waals surface area contributed by atoms with Crippen LogP contribution in [0, 0.1) is 37.5 Å². The third kappa shape index (κ3) is 30.5. The Bertz CT molecular complexity index is 317. The van der Waals surface area contributed by atoms with Gasteiger partial charge in [0.1, 0.15) is 0 Å². The first-order valence-corrected chi connectivity index (χ1v) is 19.4. The van der Waals surface area contributed by atoms with Crippen LogP contribution < -0.4 is 0 Å². The summed E-state index contributed by atoms with van der Waals surface area (Å²) in [5.41, 5.74) is 0. The second-order valence-corrected chi connectivity index (χ2v) is 15.8. The normalized spacial score (nSPS) is 11.4. The maximum atomic E-state index is 3.04. The SMILES string of the molecule is CCCCCCCC[N](CCCCCCCC)[Nd][N](CCCCCCCC)CCCCCCCC.I. The molecule has 0 heterocycles. The van der Waals surface area contributed by atoms with Crippen molar-refractivity contribution in [1.29, 1.82) is 0 Å². The van der Waals surface area contributed by atoms with Gasteiger partial charge in [0.2, 0.25) is 0 Å². The zero-order valence-electron chi connectivity index (χ0n) is 25.6. The molecule has 0 aromatic rings. The molecule has 0 saturated carbocycles. The summed E-state index contributed by atoms with van der Waals surface area (Å²) in [5.74, 6) is 0. The minimum atomic E-state index is -0.869. The Hall–Kier alpha value is 2.00. The van der Waals surface area contributed by atoms with Crippen molar-refractivity contribution < 1.29 is 37.5 Å². The van der Waals surface area contributed by atoms with E-state index in [1.807, 2.05) is 0 Å². The van der Waals surface area contributed by atoms with E-state index in [-0.39, 0.29) is 24.0 Å². The number of unbranched alkanes of at least 4 members (excludes halogenated alkanes) is 20. The van der Waals surface area contributed by atoms with Gasteiger partial charge in [-0.1, -0.05) is 0 Å². The third-order valence-electron chi connectivity index (χ3n) is 7.41. The van der Waals surface area contributed by atoms with Crippen LogP contribution >= 0.6 is 24.0 Å². The molecular weight excluding hydrogens is 684 g/mol. The molecular formula is C32H69IN2Nd. The molecule has 0 aromatic carbocycles. The molecule has 0 saturated heterocycles. The maximum absolute atomic E-state index is 3.04. The van der Waals surface area contributed by atoms with E-state index in [0.717, 1.165) is 0 Å². The number of hydrogen-bond donors (Lipinski definition) is 0. The molecule has 0 aliphatic carbocycles. The van der Waals surface area contributed by atoms with Crippen LogP contribution in [0.5, 0.6) is 0 Å². The van der Waals surface area contributed by atoms with E-state index in [0.29, 0.717) is 0 Å². The molecule has 2 nitrogen and oxygen atoms in total. The summed E-state index contributed by atoms with van der Waals surface area (Å²) in [5, 5.41) is 0. The van der Waals surface area contributed by atoms with E-state index in [9.17, 15) is 0 Å². The van der Waals surface area contributed by atoms with Crippen molar-refractivity contribution in [3.05, 3.63) is 0 Å². The molecule has 218 valence electrons. The molecule has 4 heteroatoms. The Labute approximate surface area is 268 Å². The Morgan fingerprint density at radius 2 is 0.500 bits per heavy atom. The number of rotatable bonds is 30. The second-order valence-electron chi connectivity index (χ2n) is 11.1. The largest absolute Gasteiger partial charge is 0.107 e. The van der Waals surface area contributed by atoms with Crippen molar-refractivity contribution in [1.82, 2.24) is 1.97 Å². The van der Waals surface area contributed by atoms with Crippen molar-refractivity contribution >= 4 is 24.0 Å². The monoisotopic (exact) mass is 750 g/mol. The van der Waals surface area contributed by atoms with Gasteiger partial charge in [-0.15, -0.1) is 24.0 Å². The minimum Gasteiger partial charge on any atom is -0.107 e. The van der Waals surface area contributed by atoms with E-state index < -0.39 is 37.5 Å². The number of hydrogen-bond acceptors (Lipinski definition) is 2. The molecule has 0 aromatic heterocycles. The Balaban J connectivity index is 0. The molecule has 0 N–H and O–H groups in total. The van der Waals surface area contributed by atoms with Crippen LogP contribution in [0.3, 0.4) is 0 Å². The quantitative estimate of drug-likeness (QED) is 0.0533. The fourth-order valence-corrected chi connectivity index (χ4v) is 9.55. The van der Waals surface area contributed by atoms with Crippen LogP contribution in [0.4, 0.5) is 0 Å². The predicted molar refractivity (Wildman–Crippen MR) is 172 cm³/mol. The first-order valence-electron chi connectivity index (χ1n) is 16.5. The Kier molecular flexibility index (Phi) is 39.1. The van der Waals surface area contributed by atoms with Gasteiger partial charge in [0.15, 0.2) is 0 Å². The first kappa shape index (κ1) is 40.1. The molecule has 0 bridgehead atoms. The van der Waals surface area contributed by atoms with E-state index in [2.05, 4.69) is 29.7 Å². The van der Waals surface area contributed by atoms with Gasteiger partial charge < -0.3 is 0 Å². The number of nitrogens with zero attached hydrogens (tertiary/aromatic N) is 2. The molecule has 0 amide bonds.